The van der Waals surface area contributed by atoms with Crippen molar-refractivity contribution in [2.75, 3.05) is 36.4 Å². The molecule has 10 heteroatoms. The number of nitrogens with zero attached hydrogens (tertiary/aromatic N) is 4. The predicted octanol–water partition coefficient (Wildman–Crippen LogP) is 3.56. The molecular formula is C32H35N7O3. The minimum absolute atomic E-state index is 0.0377. The number of amides is 3. The van der Waals surface area contributed by atoms with Crippen LogP contribution in [-0.2, 0) is 0 Å². The zero-order valence-corrected chi connectivity index (χ0v) is 23.5. The van der Waals surface area contributed by atoms with Crippen LogP contribution in [0.25, 0.3) is 0 Å². The van der Waals surface area contributed by atoms with Crippen LogP contribution in [0.15, 0.2) is 67.0 Å². The van der Waals surface area contributed by atoms with Gasteiger partial charge in [-0.05, 0) is 86.7 Å². The molecule has 0 radical (unpaired) electrons. The summed E-state index contributed by atoms with van der Waals surface area (Å²) in [6, 6.07) is 17.5. The minimum atomic E-state index is -0.344. The van der Waals surface area contributed by atoms with Gasteiger partial charge in [-0.15, -0.1) is 0 Å². The number of nitrogens with two attached hydrogens (primary N) is 1. The summed E-state index contributed by atoms with van der Waals surface area (Å²) in [5, 5.41) is 15.2. The van der Waals surface area contributed by atoms with Gasteiger partial charge in [-0.3, -0.25) is 19.4 Å². The smallest absolute Gasteiger partial charge is 0.255 e. The maximum absolute atomic E-state index is 13.3. The van der Waals surface area contributed by atoms with Crippen molar-refractivity contribution in [1.29, 1.82) is 5.26 Å². The molecule has 2 aromatic carbocycles. The second-order valence-corrected chi connectivity index (χ2v) is 10.8. The summed E-state index contributed by atoms with van der Waals surface area (Å²) in [5.74, 6) is -0.575. The number of pyridine rings is 1. The Kier molecular flexibility index (Phi) is 9.09. The normalized spacial score (nSPS) is 18.9. The predicted molar refractivity (Wildman–Crippen MR) is 160 cm³/mol. The van der Waals surface area contributed by atoms with E-state index in [4.69, 9.17) is 11.0 Å². The molecule has 10 nitrogen and oxygen atoms in total. The number of hydrogen-bond donors (Lipinski definition) is 3. The molecule has 2 aliphatic rings. The van der Waals surface area contributed by atoms with Crippen molar-refractivity contribution < 1.29 is 14.4 Å². The first-order chi connectivity index (χ1) is 20.4. The van der Waals surface area contributed by atoms with Gasteiger partial charge in [-0.25, -0.2) is 0 Å². The number of benzene rings is 2. The van der Waals surface area contributed by atoms with Crippen molar-refractivity contribution in [3.05, 3.63) is 89.2 Å². The van der Waals surface area contributed by atoms with Crippen molar-refractivity contribution in [2.45, 2.75) is 44.2 Å². The Balaban J connectivity index is 1.36. The molecule has 0 unspecified atom stereocenters. The molecule has 216 valence electrons. The lowest BCUT2D eigenvalue weighted by molar-refractivity contribution is 0.0766. The Morgan fingerprint density at radius 3 is 2.26 bits per heavy atom. The van der Waals surface area contributed by atoms with Crippen molar-refractivity contribution in [1.82, 2.24) is 15.2 Å². The Morgan fingerprint density at radius 2 is 1.55 bits per heavy atom. The first-order valence-corrected chi connectivity index (χ1v) is 14.4. The van der Waals surface area contributed by atoms with Crippen molar-refractivity contribution in [2.24, 2.45) is 5.73 Å². The third-order valence-electron chi connectivity index (χ3n) is 7.94. The molecule has 5 rings (SSSR count). The number of rotatable bonds is 6. The highest BCUT2D eigenvalue weighted by Gasteiger charge is 2.25. The van der Waals surface area contributed by atoms with E-state index in [2.05, 4.69) is 26.6 Å². The van der Waals surface area contributed by atoms with E-state index in [9.17, 15) is 14.4 Å². The van der Waals surface area contributed by atoms with Gasteiger partial charge in [0.2, 0.25) is 0 Å². The largest absolute Gasteiger partial charge is 0.368 e. The SMILES string of the molecule is N#Cc1ccc(C(=O)Nc2cc(C(=O)NC3CCC(N)CC3)ccc2N2CCCN(C(=O)c3ccncc3)CC2)cc1. The van der Waals surface area contributed by atoms with Gasteiger partial charge in [0.15, 0.2) is 0 Å². The first kappa shape index (κ1) is 28.8. The summed E-state index contributed by atoms with van der Waals surface area (Å²) in [6.45, 7) is 2.35. The molecule has 2 fully saturated rings. The van der Waals surface area contributed by atoms with Gasteiger partial charge < -0.3 is 26.2 Å². The standard InChI is InChI=1S/C32H35N7O3/c33-21-22-2-4-23(5-3-22)30(40)37-28-20-25(31(41)36-27-9-7-26(34)8-10-27)6-11-29(28)38-16-1-17-39(19-18-38)32(42)24-12-14-35-15-13-24/h2-6,11-15,20,26-27H,1,7-10,16-19,34H2,(H,36,41)(H,37,40). The Morgan fingerprint density at radius 1 is 0.833 bits per heavy atom. The summed E-state index contributed by atoms with van der Waals surface area (Å²) in [4.78, 5) is 47.5. The zero-order valence-electron chi connectivity index (χ0n) is 23.5. The fourth-order valence-electron chi connectivity index (χ4n) is 5.51. The lowest BCUT2D eigenvalue weighted by Gasteiger charge is -2.28. The van der Waals surface area contributed by atoms with Gasteiger partial charge in [0.05, 0.1) is 23.0 Å². The van der Waals surface area contributed by atoms with Crippen LogP contribution in [0.5, 0.6) is 0 Å². The lowest BCUT2D eigenvalue weighted by atomic mass is 9.91. The van der Waals surface area contributed by atoms with E-state index in [0.29, 0.717) is 54.1 Å². The molecule has 1 aromatic heterocycles. The highest BCUT2D eigenvalue weighted by atomic mass is 16.2. The van der Waals surface area contributed by atoms with Crippen LogP contribution in [0.1, 0.15) is 68.7 Å². The molecular weight excluding hydrogens is 530 g/mol. The molecule has 2 heterocycles. The number of nitriles is 1. The molecule has 1 saturated carbocycles. The monoisotopic (exact) mass is 565 g/mol. The maximum Gasteiger partial charge on any atom is 0.255 e. The molecule has 1 aliphatic carbocycles. The van der Waals surface area contributed by atoms with E-state index >= 15 is 0 Å². The highest BCUT2D eigenvalue weighted by Crippen LogP contribution is 2.30. The fourth-order valence-corrected chi connectivity index (χ4v) is 5.51. The zero-order chi connectivity index (χ0) is 29.5. The van der Waals surface area contributed by atoms with Crippen LogP contribution in [-0.4, -0.2) is 65.9 Å². The van der Waals surface area contributed by atoms with Gasteiger partial charge in [0.1, 0.15) is 0 Å². The number of carbonyl (C=O) groups is 3. The number of carbonyl (C=O) groups excluding carboxylic acids is 3. The van der Waals surface area contributed by atoms with Crippen LogP contribution < -0.4 is 21.3 Å². The summed E-state index contributed by atoms with van der Waals surface area (Å²) >= 11 is 0. The maximum atomic E-state index is 13.3. The summed E-state index contributed by atoms with van der Waals surface area (Å²) in [5.41, 5.74) is 9.23. The lowest BCUT2D eigenvalue weighted by Crippen LogP contribution is -2.40. The molecule has 4 N–H and O–H groups in total. The molecule has 42 heavy (non-hydrogen) atoms. The average molecular weight is 566 g/mol. The van der Waals surface area contributed by atoms with E-state index in [1.807, 2.05) is 11.0 Å². The topological polar surface area (TPSA) is 144 Å². The van der Waals surface area contributed by atoms with Crippen LogP contribution in [0.2, 0.25) is 0 Å². The van der Waals surface area contributed by atoms with Gasteiger partial charge in [0, 0.05) is 67.3 Å². The second kappa shape index (κ2) is 13.3. The summed E-state index contributed by atoms with van der Waals surface area (Å²) in [7, 11) is 0. The van der Waals surface area contributed by atoms with Crippen molar-refractivity contribution in [3.63, 3.8) is 0 Å². The number of aromatic nitrogens is 1. The molecule has 3 aromatic rings. The summed E-state index contributed by atoms with van der Waals surface area (Å²) in [6.07, 6.45) is 7.41. The van der Waals surface area contributed by atoms with Gasteiger partial charge >= 0.3 is 0 Å². The highest BCUT2D eigenvalue weighted by molar-refractivity contribution is 6.07. The molecule has 1 aliphatic heterocycles. The Labute approximate surface area is 245 Å². The van der Waals surface area contributed by atoms with Gasteiger partial charge in [-0.2, -0.15) is 5.26 Å². The summed E-state index contributed by atoms with van der Waals surface area (Å²) < 4.78 is 0. The van der Waals surface area contributed by atoms with Crippen LogP contribution in [0, 0.1) is 11.3 Å². The quantitative estimate of drug-likeness (QED) is 0.414. The molecule has 0 spiro atoms. The van der Waals surface area contributed by atoms with Crippen LogP contribution >= 0.6 is 0 Å². The van der Waals surface area contributed by atoms with Gasteiger partial charge in [0.25, 0.3) is 17.7 Å². The van der Waals surface area contributed by atoms with Gasteiger partial charge in [-0.1, -0.05) is 0 Å². The van der Waals surface area contributed by atoms with E-state index in [1.54, 1.807) is 60.9 Å². The Hall–Kier alpha value is -4.75. The molecule has 1 saturated heterocycles. The molecule has 3 amide bonds. The number of anilines is 2. The van der Waals surface area contributed by atoms with Crippen molar-refractivity contribution >= 4 is 29.1 Å². The minimum Gasteiger partial charge on any atom is -0.368 e. The fraction of sp³-hybridized carbons (Fsp3) is 0.344. The van der Waals surface area contributed by atoms with E-state index < -0.39 is 0 Å². The molecule has 0 bridgehead atoms. The molecule has 0 atom stereocenters. The third-order valence-corrected chi connectivity index (χ3v) is 7.94. The second-order valence-electron chi connectivity index (χ2n) is 10.8. The van der Waals surface area contributed by atoms with E-state index in [1.165, 1.54) is 0 Å². The first-order valence-electron chi connectivity index (χ1n) is 14.4. The van der Waals surface area contributed by atoms with Crippen LogP contribution in [0.3, 0.4) is 0 Å². The average Bonchev–Trinajstić information content (AvgIpc) is 3.28. The number of hydrogen-bond acceptors (Lipinski definition) is 7. The van der Waals surface area contributed by atoms with Crippen molar-refractivity contribution in [3.8, 4) is 6.07 Å². The number of nitrogens with one attached hydrogen (secondary N) is 2. The Bertz CT molecular complexity index is 1460. The van der Waals surface area contributed by atoms with Crippen LogP contribution in [0.4, 0.5) is 11.4 Å². The van der Waals surface area contributed by atoms with E-state index in [-0.39, 0.29) is 29.8 Å². The third kappa shape index (κ3) is 6.93. The van der Waals surface area contributed by atoms with E-state index in [0.717, 1.165) is 37.8 Å².